The molecule has 2 aliphatic rings. The lowest BCUT2D eigenvalue weighted by atomic mass is 9.77. The minimum Gasteiger partial charge on any atom is -0.469 e. The minimum atomic E-state index is -0.217. The van der Waals surface area contributed by atoms with Crippen LogP contribution in [0.2, 0.25) is 0 Å². The molecule has 0 aromatic heterocycles. The molecule has 4 heteroatoms. The van der Waals surface area contributed by atoms with Gasteiger partial charge in [0, 0.05) is 13.2 Å². The van der Waals surface area contributed by atoms with Crippen LogP contribution in [0.25, 0.3) is 0 Å². The van der Waals surface area contributed by atoms with Crippen molar-refractivity contribution in [1.29, 1.82) is 0 Å². The molecule has 0 bridgehead atoms. The smallest absolute Gasteiger partial charge is 0.308 e. The summed E-state index contributed by atoms with van der Waals surface area (Å²) in [5.74, 6) is 0.440. The van der Waals surface area contributed by atoms with Gasteiger partial charge in [0.2, 0.25) is 0 Å². The molecule has 1 aliphatic heterocycles. The molecule has 4 nitrogen and oxygen atoms in total. The normalized spacial score (nSPS) is 24.1. The van der Waals surface area contributed by atoms with Crippen LogP contribution < -0.4 is 0 Å². The van der Waals surface area contributed by atoms with Crippen LogP contribution in [0.4, 0.5) is 0 Å². The molecule has 2 rings (SSSR count). The van der Waals surface area contributed by atoms with Crippen LogP contribution in [0, 0.1) is 5.92 Å². The number of methoxy groups -OCH3 is 1. The monoisotopic (exact) mass is 242 g/mol. The van der Waals surface area contributed by atoms with E-state index in [0.29, 0.717) is 12.3 Å². The van der Waals surface area contributed by atoms with Crippen molar-refractivity contribution in [3.8, 4) is 0 Å². The molecule has 1 saturated heterocycles. The zero-order chi connectivity index (χ0) is 12.1. The minimum absolute atomic E-state index is 0.156. The Morgan fingerprint density at radius 2 is 2.06 bits per heavy atom. The molecule has 0 atom stereocenters. The van der Waals surface area contributed by atoms with Gasteiger partial charge in [0.1, 0.15) is 0 Å². The topological polar surface area (TPSA) is 44.8 Å². The summed E-state index contributed by atoms with van der Waals surface area (Å²) in [6.07, 6.45) is 5.71. The highest BCUT2D eigenvalue weighted by Crippen LogP contribution is 2.39. The number of ether oxygens (including phenoxy) is 3. The van der Waals surface area contributed by atoms with Crippen molar-refractivity contribution in [2.75, 3.05) is 26.9 Å². The first-order valence-corrected chi connectivity index (χ1v) is 6.53. The molecule has 0 N–H and O–H groups in total. The average Bonchev–Trinajstić information content (AvgIpc) is 2.33. The third kappa shape index (κ3) is 3.42. The van der Waals surface area contributed by atoms with E-state index in [1.807, 2.05) is 0 Å². The van der Waals surface area contributed by atoms with E-state index >= 15 is 0 Å². The Hall–Kier alpha value is -0.610. The quantitative estimate of drug-likeness (QED) is 0.691. The Bertz CT molecular complexity index is 254. The highest BCUT2D eigenvalue weighted by atomic mass is 16.5. The Balaban J connectivity index is 1.76. The van der Waals surface area contributed by atoms with Gasteiger partial charge in [0.05, 0.1) is 25.7 Å². The van der Waals surface area contributed by atoms with E-state index in [1.165, 1.54) is 7.11 Å². The van der Waals surface area contributed by atoms with Gasteiger partial charge in [-0.05, 0) is 38.0 Å². The van der Waals surface area contributed by atoms with E-state index in [-0.39, 0.29) is 11.6 Å². The first-order chi connectivity index (χ1) is 8.24. The highest BCUT2D eigenvalue weighted by molar-refractivity contribution is 5.70. The van der Waals surface area contributed by atoms with Gasteiger partial charge in [-0.15, -0.1) is 0 Å². The Morgan fingerprint density at radius 1 is 1.35 bits per heavy atom. The zero-order valence-corrected chi connectivity index (χ0v) is 10.6. The van der Waals surface area contributed by atoms with Gasteiger partial charge in [-0.25, -0.2) is 0 Å². The summed E-state index contributed by atoms with van der Waals surface area (Å²) in [4.78, 5) is 11.3. The van der Waals surface area contributed by atoms with E-state index in [2.05, 4.69) is 0 Å². The van der Waals surface area contributed by atoms with E-state index in [4.69, 9.17) is 14.2 Å². The molecule has 2 fully saturated rings. The first kappa shape index (κ1) is 12.8. The van der Waals surface area contributed by atoms with Crippen LogP contribution >= 0.6 is 0 Å². The van der Waals surface area contributed by atoms with Crippen molar-refractivity contribution in [2.24, 2.45) is 5.92 Å². The van der Waals surface area contributed by atoms with Gasteiger partial charge < -0.3 is 14.2 Å². The second-order valence-electron chi connectivity index (χ2n) is 5.16. The lowest BCUT2D eigenvalue weighted by molar-refractivity contribution is -0.161. The summed E-state index contributed by atoms with van der Waals surface area (Å²) in [5.41, 5.74) is -0.217. The predicted octanol–water partition coefficient (Wildman–Crippen LogP) is 1.92. The van der Waals surface area contributed by atoms with Crippen LogP contribution in [0.5, 0.6) is 0 Å². The summed E-state index contributed by atoms with van der Waals surface area (Å²) in [5, 5.41) is 0. The fourth-order valence-electron chi connectivity index (χ4n) is 2.49. The molecule has 0 radical (unpaired) electrons. The maximum absolute atomic E-state index is 11.3. The van der Waals surface area contributed by atoms with Crippen molar-refractivity contribution in [3.63, 3.8) is 0 Å². The van der Waals surface area contributed by atoms with Crippen LogP contribution in [0.3, 0.4) is 0 Å². The Labute approximate surface area is 103 Å². The standard InChI is InChI=1S/C13H22O4/c1-15-12(14)9-13(5-2-6-13)17-10-11-3-7-16-8-4-11/h11H,2-10H2,1H3. The lowest BCUT2D eigenvalue weighted by Gasteiger charge is -2.42. The van der Waals surface area contributed by atoms with Crippen LogP contribution in [-0.4, -0.2) is 38.5 Å². The van der Waals surface area contributed by atoms with Crippen LogP contribution in [0.15, 0.2) is 0 Å². The number of hydrogen-bond donors (Lipinski definition) is 0. The lowest BCUT2D eigenvalue weighted by Crippen LogP contribution is -2.43. The molecule has 0 aromatic rings. The fraction of sp³-hybridized carbons (Fsp3) is 0.923. The van der Waals surface area contributed by atoms with Crippen molar-refractivity contribution < 1.29 is 19.0 Å². The molecule has 1 aliphatic carbocycles. The fourth-order valence-corrected chi connectivity index (χ4v) is 2.49. The molecule has 0 amide bonds. The third-order valence-electron chi connectivity index (χ3n) is 3.93. The maximum atomic E-state index is 11.3. The summed E-state index contributed by atoms with van der Waals surface area (Å²) in [6, 6.07) is 0. The molecule has 1 heterocycles. The predicted molar refractivity (Wildman–Crippen MR) is 62.7 cm³/mol. The van der Waals surface area contributed by atoms with Gasteiger partial charge in [-0.1, -0.05) is 0 Å². The molecule has 1 saturated carbocycles. The van der Waals surface area contributed by atoms with E-state index in [1.54, 1.807) is 0 Å². The second-order valence-corrected chi connectivity index (χ2v) is 5.16. The van der Waals surface area contributed by atoms with Crippen molar-refractivity contribution in [2.45, 2.75) is 44.1 Å². The SMILES string of the molecule is COC(=O)CC1(OCC2CCOCC2)CCC1. The second kappa shape index (κ2) is 5.83. The number of hydrogen-bond acceptors (Lipinski definition) is 4. The summed E-state index contributed by atoms with van der Waals surface area (Å²) >= 11 is 0. The number of rotatable bonds is 5. The largest absolute Gasteiger partial charge is 0.469 e. The van der Waals surface area contributed by atoms with Crippen molar-refractivity contribution in [1.82, 2.24) is 0 Å². The van der Waals surface area contributed by atoms with Gasteiger partial charge in [0.15, 0.2) is 0 Å². The van der Waals surface area contributed by atoms with Crippen molar-refractivity contribution in [3.05, 3.63) is 0 Å². The Kier molecular flexibility index (Phi) is 4.40. The van der Waals surface area contributed by atoms with E-state index in [0.717, 1.165) is 51.9 Å². The highest BCUT2D eigenvalue weighted by Gasteiger charge is 2.41. The van der Waals surface area contributed by atoms with E-state index < -0.39 is 0 Å². The molecule has 0 unspecified atom stereocenters. The van der Waals surface area contributed by atoms with Crippen LogP contribution in [-0.2, 0) is 19.0 Å². The summed E-state index contributed by atoms with van der Waals surface area (Å²) in [6.45, 7) is 2.45. The van der Waals surface area contributed by atoms with E-state index in [9.17, 15) is 4.79 Å². The summed E-state index contributed by atoms with van der Waals surface area (Å²) in [7, 11) is 1.44. The summed E-state index contributed by atoms with van der Waals surface area (Å²) < 4.78 is 16.1. The zero-order valence-electron chi connectivity index (χ0n) is 10.6. The number of esters is 1. The average molecular weight is 242 g/mol. The first-order valence-electron chi connectivity index (χ1n) is 6.53. The molecule has 0 spiro atoms. The molecule has 17 heavy (non-hydrogen) atoms. The van der Waals surface area contributed by atoms with Gasteiger partial charge in [-0.3, -0.25) is 4.79 Å². The van der Waals surface area contributed by atoms with Crippen LogP contribution in [0.1, 0.15) is 38.5 Å². The van der Waals surface area contributed by atoms with Gasteiger partial charge in [-0.2, -0.15) is 0 Å². The Morgan fingerprint density at radius 3 is 2.59 bits per heavy atom. The molecule has 98 valence electrons. The molecular weight excluding hydrogens is 220 g/mol. The van der Waals surface area contributed by atoms with Gasteiger partial charge in [0.25, 0.3) is 0 Å². The number of carbonyl (C=O) groups is 1. The van der Waals surface area contributed by atoms with Crippen molar-refractivity contribution >= 4 is 5.97 Å². The third-order valence-corrected chi connectivity index (χ3v) is 3.93. The molecule has 0 aromatic carbocycles. The maximum Gasteiger partial charge on any atom is 0.308 e. The number of carbonyl (C=O) groups excluding carboxylic acids is 1. The molecular formula is C13H22O4. The van der Waals surface area contributed by atoms with Gasteiger partial charge >= 0.3 is 5.97 Å².